The van der Waals surface area contributed by atoms with Crippen molar-refractivity contribution in [1.29, 1.82) is 0 Å². The Labute approximate surface area is 140 Å². The molecule has 2 aromatic carbocycles. The van der Waals surface area contributed by atoms with Gasteiger partial charge in [0.1, 0.15) is 5.82 Å². The Bertz CT molecular complexity index is 810. The van der Waals surface area contributed by atoms with Crippen molar-refractivity contribution in [1.82, 2.24) is 14.8 Å². The molecule has 1 aliphatic heterocycles. The van der Waals surface area contributed by atoms with Crippen molar-refractivity contribution >= 4 is 11.8 Å². The number of aromatic nitrogens is 3. The molecular formula is C19H19N3S. The molecule has 1 aliphatic rings. The van der Waals surface area contributed by atoms with E-state index in [1.165, 1.54) is 23.2 Å². The minimum Gasteiger partial charge on any atom is -0.274 e. The van der Waals surface area contributed by atoms with Crippen molar-refractivity contribution in [2.75, 3.05) is 0 Å². The first-order valence-corrected chi connectivity index (χ1v) is 9.01. The van der Waals surface area contributed by atoms with Crippen LogP contribution in [0.2, 0.25) is 0 Å². The lowest BCUT2D eigenvalue weighted by Gasteiger charge is -2.26. The molecule has 0 radical (unpaired) electrons. The number of nitrogens with zero attached hydrogens (tertiary/aromatic N) is 3. The Balaban J connectivity index is 1.82. The van der Waals surface area contributed by atoms with Gasteiger partial charge in [-0.3, -0.25) is 4.57 Å². The SMILES string of the molecule is CCCCc1nnc2n1-c1ccccc1C(c1ccccc1)S2. The zero-order chi connectivity index (χ0) is 15.6. The number of thioether (sulfide) groups is 1. The molecule has 4 rings (SSSR count). The molecule has 3 aromatic rings. The van der Waals surface area contributed by atoms with Gasteiger partial charge in [-0.15, -0.1) is 10.2 Å². The lowest BCUT2D eigenvalue weighted by molar-refractivity contribution is 0.721. The highest BCUT2D eigenvalue weighted by Crippen LogP contribution is 2.46. The van der Waals surface area contributed by atoms with Gasteiger partial charge in [0.25, 0.3) is 0 Å². The minimum absolute atomic E-state index is 0.281. The van der Waals surface area contributed by atoms with E-state index in [1.807, 2.05) is 0 Å². The maximum Gasteiger partial charge on any atom is 0.196 e. The molecule has 1 aromatic heterocycles. The fraction of sp³-hybridized carbons (Fsp3) is 0.263. The number of aryl methyl sites for hydroxylation is 1. The summed E-state index contributed by atoms with van der Waals surface area (Å²) in [7, 11) is 0. The van der Waals surface area contributed by atoms with Gasteiger partial charge >= 0.3 is 0 Å². The average molecular weight is 321 g/mol. The fourth-order valence-corrected chi connectivity index (χ4v) is 4.30. The van der Waals surface area contributed by atoms with Crippen LogP contribution in [-0.4, -0.2) is 14.8 Å². The first-order chi connectivity index (χ1) is 11.4. The Hall–Kier alpha value is -2.07. The van der Waals surface area contributed by atoms with Crippen molar-refractivity contribution in [2.45, 2.75) is 36.6 Å². The predicted molar refractivity (Wildman–Crippen MR) is 94.1 cm³/mol. The molecule has 1 atom stereocenters. The topological polar surface area (TPSA) is 30.7 Å². The van der Waals surface area contributed by atoms with Gasteiger partial charge in [-0.1, -0.05) is 73.6 Å². The van der Waals surface area contributed by atoms with E-state index in [4.69, 9.17) is 0 Å². The predicted octanol–water partition coefficient (Wildman–Crippen LogP) is 4.81. The standard InChI is InChI=1S/C19H19N3S/c1-2-3-13-17-20-21-19-22(17)16-12-8-7-11-15(16)18(23-19)14-9-5-4-6-10-14/h4-12,18H,2-3,13H2,1H3. The van der Waals surface area contributed by atoms with Crippen molar-refractivity contribution < 1.29 is 0 Å². The second-order valence-corrected chi connectivity index (χ2v) is 6.88. The van der Waals surface area contributed by atoms with E-state index in [9.17, 15) is 0 Å². The van der Waals surface area contributed by atoms with Crippen LogP contribution in [0.4, 0.5) is 0 Å². The zero-order valence-corrected chi connectivity index (χ0v) is 14.0. The summed E-state index contributed by atoms with van der Waals surface area (Å²) in [5.74, 6) is 1.08. The monoisotopic (exact) mass is 321 g/mol. The molecule has 0 spiro atoms. The van der Waals surface area contributed by atoms with Crippen LogP contribution in [-0.2, 0) is 6.42 Å². The lowest BCUT2D eigenvalue weighted by atomic mass is 10.0. The third-order valence-corrected chi connectivity index (χ3v) is 5.48. The summed E-state index contributed by atoms with van der Waals surface area (Å²) in [6.45, 7) is 2.21. The maximum absolute atomic E-state index is 4.46. The van der Waals surface area contributed by atoms with Crippen LogP contribution in [0.5, 0.6) is 0 Å². The van der Waals surface area contributed by atoms with Gasteiger partial charge in [0, 0.05) is 6.42 Å². The second-order valence-electron chi connectivity index (χ2n) is 5.81. The summed E-state index contributed by atoms with van der Waals surface area (Å²) in [5.41, 5.74) is 3.88. The maximum atomic E-state index is 4.46. The molecule has 0 bridgehead atoms. The van der Waals surface area contributed by atoms with Crippen LogP contribution < -0.4 is 0 Å². The third kappa shape index (κ3) is 2.57. The molecule has 3 nitrogen and oxygen atoms in total. The van der Waals surface area contributed by atoms with Crippen LogP contribution in [0.15, 0.2) is 59.8 Å². The molecule has 116 valence electrons. The molecule has 1 unspecified atom stereocenters. The van der Waals surface area contributed by atoms with E-state index in [0.717, 1.165) is 23.8 Å². The number of para-hydroxylation sites is 1. The van der Waals surface area contributed by atoms with Gasteiger partial charge < -0.3 is 0 Å². The molecule has 0 N–H and O–H groups in total. The number of benzene rings is 2. The largest absolute Gasteiger partial charge is 0.274 e. The van der Waals surface area contributed by atoms with Gasteiger partial charge in [-0.05, 0) is 23.6 Å². The van der Waals surface area contributed by atoms with E-state index in [2.05, 4.69) is 76.3 Å². The molecule has 23 heavy (non-hydrogen) atoms. The Morgan fingerprint density at radius 2 is 1.78 bits per heavy atom. The Morgan fingerprint density at radius 1 is 1.00 bits per heavy atom. The normalized spacial score (nSPS) is 16.0. The number of fused-ring (bicyclic) bond motifs is 3. The number of hydrogen-bond acceptors (Lipinski definition) is 3. The van der Waals surface area contributed by atoms with Gasteiger partial charge in [-0.2, -0.15) is 0 Å². The first kappa shape index (κ1) is 14.5. The van der Waals surface area contributed by atoms with E-state index in [0.29, 0.717) is 0 Å². The van der Waals surface area contributed by atoms with Crippen molar-refractivity contribution in [3.05, 3.63) is 71.5 Å². The third-order valence-electron chi connectivity index (χ3n) is 4.24. The van der Waals surface area contributed by atoms with Gasteiger partial charge in [0.2, 0.25) is 0 Å². The average Bonchev–Trinajstić information content (AvgIpc) is 3.03. The van der Waals surface area contributed by atoms with Crippen molar-refractivity contribution in [3.63, 3.8) is 0 Å². The van der Waals surface area contributed by atoms with Crippen LogP contribution in [0.3, 0.4) is 0 Å². The lowest BCUT2D eigenvalue weighted by Crippen LogP contribution is -2.13. The first-order valence-electron chi connectivity index (χ1n) is 8.13. The van der Waals surface area contributed by atoms with Crippen LogP contribution >= 0.6 is 11.8 Å². The molecule has 0 saturated heterocycles. The van der Waals surface area contributed by atoms with Crippen LogP contribution in [0.1, 0.15) is 42.0 Å². The smallest absolute Gasteiger partial charge is 0.196 e. The fourth-order valence-electron chi connectivity index (χ4n) is 3.07. The Kier molecular flexibility index (Phi) is 3.92. The number of hydrogen-bond donors (Lipinski definition) is 0. The summed E-state index contributed by atoms with van der Waals surface area (Å²) in [6, 6.07) is 19.3. The van der Waals surface area contributed by atoms with E-state index < -0.39 is 0 Å². The number of rotatable bonds is 4. The molecule has 0 amide bonds. The summed E-state index contributed by atoms with van der Waals surface area (Å²) >= 11 is 1.80. The summed E-state index contributed by atoms with van der Waals surface area (Å²) in [5, 5.41) is 10.2. The highest BCUT2D eigenvalue weighted by Gasteiger charge is 2.29. The zero-order valence-electron chi connectivity index (χ0n) is 13.1. The highest BCUT2D eigenvalue weighted by molar-refractivity contribution is 7.99. The molecule has 2 heterocycles. The summed E-state index contributed by atoms with van der Waals surface area (Å²) in [6.07, 6.45) is 3.30. The van der Waals surface area contributed by atoms with Crippen molar-refractivity contribution in [2.24, 2.45) is 0 Å². The van der Waals surface area contributed by atoms with Gasteiger partial charge in [0.15, 0.2) is 5.16 Å². The van der Waals surface area contributed by atoms with Gasteiger partial charge in [0.05, 0.1) is 10.9 Å². The molecule has 4 heteroatoms. The van der Waals surface area contributed by atoms with Crippen LogP contribution in [0.25, 0.3) is 5.69 Å². The van der Waals surface area contributed by atoms with E-state index in [1.54, 1.807) is 11.8 Å². The minimum atomic E-state index is 0.281. The molecule has 0 aliphatic carbocycles. The molecule has 0 fully saturated rings. The van der Waals surface area contributed by atoms with Crippen LogP contribution in [0, 0.1) is 0 Å². The second kappa shape index (κ2) is 6.20. The van der Waals surface area contributed by atoms with Gasteiger partial charge in [-0.25, -0.2) is 0 Å². The van der Waals surface area contributed by atoms with Crippen molar-refractivity contribution in [3.8, 4) is 5.69 Å². The molecular weight excluding hydrogens is 302 g/mol. The quantitative estimate of drug-likeness (QED) is 0.691. The number of unbranched alkanes of at least 4 members (excludes halogenated alkanes) is 1. The Morgan fingerprint density at radius 3 is 2.61 bits per heavy atom. The van der Waals surface area contributed by atoms with E-state index >= 15 is 0 Å². The summed E-state index contributed by atoms with van der Waals surface area (Å²) < 4.78 is 2.25. The van der Waals surface area contributed by atoms with E-state index in [-0.39, 0.29) is 5.25 Å². The molecule has 0 saturated carbocycles. The summed E-state index contributed by atoms with van der Waals surface area (Å²) in [4.78, 5) is 0. The highest BCUT2D eigenvalue weighted by atomic mass is 32.2.